The number of rotatable bonds is 6. The van der Waals surface area contributed by atoms with Gasteiger partial charge < -0.3 is 4.74 Å². The van der Waals surface area contributed by atoms with Gasteiger partial charge in [0.1, 0.15) is 5.54 Å². The smallest absolute Gasteiger partial charge is 0.330 e. The molecule has 1 rings (SSSR count). The summed E-state index contributed by atoms with van der Waals surface area (Å²) in [5.74, 6) is -0.199. The molecule has 3 heteroatoms. The van der Waals surface area contributed by atoms with Crippen molar-refractivity contribution in [3.63, 3.8) is 0 Å². The molecule has 1 aromatic carbocycles. The van der Waals surface area contributed by atoms with Crippen LogP contribution in [-0.2, 0) is 15.1 Å². The molecule has 1 N–H and O–H groups in total. The van der Waals surface area contributed by atoms with Crippen LogP contribution in [0.4, 0.5) is 0 Å². The quantitative estimate of drug-likeness (QED) is 0.801. The molecular formula is C16H25NO2. The van der Waals surface area contributed by atoms with E-state index in [9.17, 15) is 4.79 Å². The largest absolute Gasteiger partial charge is 0.464 e. The topological polar surface area (TPSA) is 38.3 Å². The van der Waals surface area contributed by atoms with E-state index in [0.717, 1.165) is 5.56 Å². The molecule has 0 spiro atoms. The van der Waals surface area contributed by atoms with Gasteiger partial charge in [-0.25, -0.2) is 4.79 Å². The van der Waals surface area contributed by atoms with Gasteiger partial charge in [0.05, 0.1) is 6.61 Å². The van der Waals surface area contributed by atoms with Gasteiger partial charge in [0.25, 0.3) is 0 Å². The molecule has 0 aliphatic heterocycles. The Morgan fingerprint density at radius 2 is 1.84 bits per heavy atom. The summed E-state index contributed by atoms with van der Waals surface area (Å²) >= 11 is 0. The SMILES string of the molecule is CCOC(=O)C(CC)(NC(C)C)c1ccc(C)cc1. The van der Waals surface area contributed by atoms with E-state index >= 15 is 0 Å². The van der Waals surface area contributed by atoms with Gasteiger partial charge in [0.2, 0.25) is 0 Å². The molecule has 1 unspecified atom stereocenters. The van der Waals surface area contributed by atoms with E-state index in [1.807, 2.05) is 58.9 Å². The molecule has 0 fully saturated rings. The van der Waals surface area contributed by atoms with E-state index in [0.29, 0.717) is 13.0 Å². The molecule has 1 aromatic rings. The lowest BCUT2D eigenvalue weighted by molar-refractivity contribution is -0.152. The summed E-state index contributed by atoms with van der Waals surface area (Å²) in [6, 6.07) is 8.27. The van der Waals surface area contributed by atoms with Gasteiger partial charge in [-0.15, -0.1) is 0 Å². The first kappa shape index (κ1) is 15.7. The zero-order valence-electron chi connectivity index (χ0n) is 12.6. The van der Waals surface area contributed by atoms with Crippen LogP contribution in [0.15, 0.2) is 24.3 Å². The summed E-state index contributed by atoms with van der Waals surface area (Å²) in [5.41, 5.74) is 1.40. The van der Waals surface area contributed by atoms with E-state index < -0.39 is 5.54 Å². The molecule has 1 atom stereocenters. The van der Waals surface area contributed by atoms with Crippen molar-refractivity contribution in [2.24, 2.45) is 0 Å². The second-order valence-electron chi connectivity index (χ2n) is 5.14. The van der Waals surface area contributed by atoms with E-state index in [1.54, 1.807) is 0 Å². The summed E-state index contributed by atoms with van der Waals surface area (Å²) in [6.45, 7) is 10.4. The standard InChI is InChI=1S/C16H25NO2/c1-6-16(17-12(3)4,15(18)19-7-2)14-10-8-13(5)9-11-14/h8-12,17H,6-7H2,1-5H3. The molecule has 0 bridgehead atoms. The summed E-state index contributed by atoms with van der Waals surface area (Å²) in [4.78, 5) is 12.4. The molecule has 0 aliphatic carbocycles. The van der Waals surface area contributed by atoms with Crippen molar-refractivity contribution in [2.75, 3.05) is 6.61 Å². The van der Waals surface area contributed by atoms with Crippen molar-refractivity contribution in [3.05, 3.63) is 35.4 Å². The van der Waals surface area contributed by atoms with Crippen LogP contribution >= 0.6 is 0 Å². The van der Waals surface area contributed by atoms with E-state index in [-0.39, 0.29) is 12.0 Å². The van der Waals surface area contributed by atoms with Gasteiger partial charge >= 0.3 is 5.97 Å². The van der Waals surface area contributed by atoms with Crippen LogP contribution in [0.5, 0.6) is 0 Å². The number of hydrogen-bond acceptors (Lipinski definition) is 3. The van der Waals surface area contributed by atoms with Crippen molar-refractivity contribution in [1.29, 1.82) is 0 Å². The third-order valence-corrected chi connectivity index (χ3v) is 3.23. The average molecular weight is 263 g/mol. The number of ether oxygens (including phenoxy) is 1. The maximum absolute atomic E-state index is 12.4. The van der Waals surface area contributed by atoms with Crippen molar-refractivity contribution in [3.8, 4) is 0 Å². The Morgan fingerprint density at radius 3 is 2.26 bits per heavy atom. The first-order valence-electron chi connectivity index (χ1n) is 6.98. The van der Waals surface area contributed by atoms with E-state index in [1.165, 1.54) is 5.56 Å². The van der Waals surface area contributed by atoms with Gasteiger partial charge in [-0.1, -0.05) is 36.8 Å². The first-order valence-corrected chi connectivity index (χ1v) is 6.98. The van der Waals surface area contributed by atoms with E-state index in [4.69, 9.17) is 4.74 Å². The number of hydrogen-bond donors (Lipinski definition) is 1. The number of carbonyl (C=O) groups is 1. The van der Waals surface area contributed by atoms with Crippen LogP contribution in [0.3, 0.4) is 0 Å². The highest BCUT2D eigenvalue weighted by Gasteiger charge is 2.40. The first-order chi connectivity index (χ1) is 8.96. The zero-order chi connectivity index (χ0) is 14.5. The fourth-order valence-electron chi connectivity index (χ4n) is 2.30. The van der Waals surface area contributed by atoms with Gasteiger partial charge in [-0.05, 0) is 39.7 Å². The van der Waals surface area contributed by atoms with Crippen molar-refractivity contribution in [2.45, 2.75) is 52.6 Å². The zero-order valence-corrected chi connectivity index (χ0v) is 12.6. The number of carbonyl (C=O) groups excluding carboxylic acids is 1. The van der Waals surface area contributed by atoms with Crippen LogP contribution in [0.25, 0.3) is 0 Å². The average Bonchev–Trinajstić information content (AvgIpc) is 2.37. The van der Waals surface area contributed by atoms with Gasteiger partial charge in [0.15, 0.2) is 0 Å². The fourth-order valence-corrected chi connectivity index (χ4v) is 2.30. The van der Waals surface area contributed by atoms with Crippen molar-refractivity contribution >= 4 is 5.97 Å². The highest BCUT2D eigenvalue weighted by atomic mass is 16.5. The molecule has 0 saturated heterocycles. The van der Waals surface area contributed by atoms with Gasteiger partial charge in [-0.3, -0.25) is 5.32 Å². The molecule has 106 valence electrons. The Bertz CT molecular complexity index is 411. The summed E-state index contributed by atoms with van der Waals surface area (Å²) in [5, 5.41) is 3.39. The van der Waals surface area contributed by atoms with Crippen LogP contribution in [0.2, 0.25) is 0 Å². The molecule has 0 aliphatic rings. The van der Waals surface area contributed by atoms with Crippen LogP contribution in [0.1, 0.15) is 45.2 Å². The molecule has 0 aromatic heterocycles. The monoisotopic (exact) mass is 263 g/mol. The van der Waals surface area contributed by atoms with Gasteiger partial charge in [-0.2, -0.15) is 0 Å². The summed E-state index contributed by atoms with van der Waals surface area (Å²) in [7, 11) is 0. The minimum Gasteiger partial charge on any atom is -0.464 e. The Kier molecular flexibility index (Phi) is 5.55. The number of nitrogens with one attached hydrogen (secondary N) is 1. The molecule has 19 heavy (non-hydrogen) atoms. The lowest BCUT2D eigenvalue weighted by Crippen LogP contribution is -2.52. The second kappa shape index (κ2) is 6.71. The van der Waals surface area contributed by atoms with Crippen LogP contribution in [0, 0.1) is 6.92 Å². The lowest BCUT2D eigenvalue weighted by Gasteiger charge is -2.34. The Morgan fingerprint density at radius 1 is 1.26 bits per heavy atom. The predicted octanol–water partition coefficient (Wildman–Crippen LogP) is 3.16. The van der Waals surface area contributed by atoms with E-state index in [2.05, 4.69) is 5.32 Å². The molecule has 0 saturated carbocycles. The summed E-state index contributed by atoms with van der Waals surface area (Å²) < 4.78 is 5.28. The summed E-state index contributed by atoms with van der Waals surface area (Å²) in [6.07, 6.45) is 0.660. The Hall–Kier alpha value is -1.35. The molecular weight excluding hydrogens is 238 g/mol. The highest BCUT2D eigenvalue weighted by Crippen LogP contribution is 2.28. The van der Waals surface area contributed by atoms with Crippen LogP contribution < -0.4 is 5.32 Å². The normalized spacial score (nSPS) is 14.2. The second-order valence-corrected chi connectivity index (χ2v) is 5.14. The molecule has 0 amide bonds. The maximum atomic E-state index is 12.4. The highest BCUT2D eigenvalue weighted by molar-refractivity contribution is 5.82. The predicted molar refractivity (Wildman–Crippen MR) is 78.1 cm³/mol. The van der Waals surface area contributed by atoms with Crippen molar-refractivity contribution < 1.29 is 9.53 Å². The Balaban J connectivity index is 3.22. The third kappa shape index (κ3) is 3.57. The van der Waals surface area contributed by atoms with Crippen LogP contribution in [-0.4, -0.2) is 18.6 Å². The van der Waals surface area contributed by atoms with Crippen molar-refractivity contribution in [1.82, 2.24) is 5.32 Å². The fraction of sp³-hybridized carbons (Fsp3) is 0.562. The maximum Gasteiger partial charge on any atom is 0.330 e. The minimum atomic E-state index is -0.752. The molecule has 0 heterocycles. The number of aryl methyl sites for hydroxylation is 1. The molecule has 0 radical (unpaired) electrons. The molecule has 3 nitrogen and oxygen atoms in total. The minimum absolute atomic E-state index is 0.199. The Labute approximate surface area is 116 Å². The lowest BCUT2D eigenvalue weighted by atomic mass is 9.86. The van der Waals surface area contributed by atoms with Gasteiger partial charge in [0, 0.05) is 6.04 Å². The third-order valence-electron chi connectivity index (χ3n) is 3.23. The number of benzene rings is 1. The number of esters is 1.